The first kappa shape index (κ1) is 23.5. The topological polar surface area (TPSA) is 9.23 Å². The van der Waals surface area contributed by atoms with Crippen molar-refractivity contribution in [2.24, 2.45) is 0 Å². The monoisotopic (exact) mass is 433 g/mol. The van der Waals surface area contributed by atoms with Crippen molar-refractivity contribution in [2.75, 3.05) is 6.61 Å². The lowest BCUT2D eigenvalue weighted by Gasteiger charge is -2.12. The maximum Gasteiger partial charge on any atom is 0.169 e. The standard InChI is InChI=1S/C29H37OS/c1-3-4-5-6-7-8-9-16-23-30-26-21-22-29(25(2)24-26)31(27-17-12-10-13-18-27)28-19-14-11-15-20-28/h10-15,17-22,24H,3-9,16,23H2,1-2H3/q+1. The number of ether oxygens (including phenoxy) is 1. The number of hydrogen-bond acceptors (Lipinski definition) is 1. The number of aryl methyl sites for hydroxylation is 1. The first-order valence-electron chi connectivity index (χ1n) is 11.9. The summed E-state index contributed by atoms with van der Waals surface area (Å²) in [6.07, 6.45) is 10.6. The highest BCUT2D eigenvalue weighted by molar-refractivity contribution is 7.97. The van der Waals surface area contributed by atoms with Crippen LogP contribution in [0.25, 0.3) is 0 Å². The summed E-state index contributed by atoms with van der Waals surface area (Å²) in [6.45, 7) is 5.30. The highest BCUT2D eigenvalue weighted by Crippen LogP contribution is 2.34. The molecule has 164 valence electrons. The van der Waals surface area contributed by atoms with Crippen molar-refractivity contribution in [1.82, 2.24) is 0 Å². The van der Waals surface area contributed by atoms with Gasteiger partial charge in [0, 0.05) is 5.56 Å². The molecule has 3 rings (SSSR count). The largest absolute Gasteiger partial charge is 0.494 e. The van der Waals surface area contributed by atoms with Gasteiger partial charge in [0.15, 0.2) is 14.7 Å². The molecule has 3 aromatic carbocycles. The third kappa shape index (κ3) is 7.47. The predicted octanol–water partition coefficient (Wildman–Crippen LogP) is 8.61. The summed E-state index contributed by atoms with van der Waals surface area (Å²) >= 11 is 0. The molecular weight excluding hydrogens is 396 g/mol. The summed E-state index contributed by atoms with van der Waals surface area (Å²) in [6, 6.07) is 28.3. The highest BCUT2D eigenvalue weighted by atomic mass is 32.2. The van der Waals surface area contributed by atoms with Gasteiger partial charge in [-0.3, -0.25) is 0 Å². The molecule has 0 aliphatic carbocycles. The SMILES string of the molecule is CCCCCCCCCCOc1ccc([S+](c2ccccc2)c2ccccc2)c(C)c1. The highest BCUT2D eigenvalue weighted by Gasteiger charge is 2.30. The maximum atomic E-state index is 6.08. The molecule has 0 fully saturated rings. The Morgan fingerprint density at radius 3 is 1.74 bits per heavy atom. The Morgan fingerprint density at radius 1 is 0.645 bits per heavy atom. The molecule has 0 N–H and O–H groups in total. The second-order valence-corrected chi connectivity index (χ2v) is 10.2. The van der Waals surface area contributed by atoms with Gasteiger partial charge in [0.1, 0.15) is 5.75 Å². The molecule has 0 heterocycles. The predicted molar refractivity (Wildman–Crippen MR) is 134 cm³/mol. The number of hydrogen-bond donors (Lipinski definition) is 0. The van der Waals surface area contributed by atoms with Crippen molar-refractivity contribution in [1.29, 1.82) is 0 Å². The van der Waals surface area contributed by atoms with E-state index in [1.807, 2.05) is 0 Å². The van der Waals surface area contributed by atoms with Gasteiger partial charge in [0.25, 0.3) is 0 Å². The maximum absolute atomic E-state index is 6.08. The van der Waals surface area contributed by atoms with Crippen molar-refractivity contribution in [3.63, 3.8) is 0 Å². The fourth-order valence-corrected chi connectivity index (χ4v) is 6.09. The van der Waals surface area contributed by atoms with Gasteiger partial charge < -0.3 is 4.74 Å². The summed E-state index contributed by atoms with van der Waals surface area (Å²) in [7, 11) is -0.104. The van der Waals surface area contributed by atoms with Crippen LogP contribution in [0.4, 0.5) is 0 Å². The molecule has 0 bridgehead atoms. The Balaban J connectivity index is 1.59. The molecule has 0 saturated carbocycles. The van der Waals surface area contributed by atoms with Gasteiger partial charge in [-0.15, -0.1) is 0 Å². The minimum Gasteiger partial charge on any atom is -0.494 e. The van der Waals surface area contributed by atoms with Crippen LogP contribution in [0.5, 0.6) is 5.75 Å². The van der Waals surface area contributed by atoms with Crippen molar-refractivity contribution in [3.05, 3.63) is 84.4 Å². The van der Waals surface area contributed by atoms with Gasteiger partial charge in [0.2, 0.25) is 0 Å². The smallest absolute Gasteiger partial charge is 0.169 e. The van der Waals surface area contributed by atoms with Gasteiger partial charge in [-0.1, -0.05) is 88.3 Å². The summed E-state index contributed by atoms with van der Waals surface area (Å²) < 4.78 is 6.08. The Bertz CT molecular complexity index is 836. The molecule has 0 unspecified atom stereocenters. The van der Waals surface area contributed by atoms with Gasteiger partial charge >= 0.3 is 0 Å². The zero-order chi connectivity index (χ0) is 21.7. The van der Waals surface area contributed by atoms with Crippen molar-refractivity contribution < 1.29 is 4.74 Å². The normalized spacial score (nSPS) is 11.1. The van der Waals surface area contributed by atoms with E-state index in [1.165, 1.54) is 65.2 Å². The van der Waals surface area contributed by atoms with E-state index in [2.05, 4.69) is 92.7 Å². The second-order valence-electron chi connectivity index (χ2n) is 8.18. The van der Waals surface area contributed by atoms with Crippen LogP contribution in [0.3, 0.4) is 0 Å². The van der Waals surface area contributed by atoms with Crippen molar-refractivity contribution in [3.8, 4) is 5.75 Å². The van der Waals surface area contributed by atoms with E-state index < -0.39 is 0 Å². The van der Waals surface area contributed by atoms with Crippen LogP contribution in [0.15, 0.2) is 93.5 Å². The quantitative estimate of drug-likeness (QED) is 0.194. The van der Waals surface area contributed by atoms with E-state index in [1.54, 1.807) is 0 Å². The third-order valence-corrected chi connectivity index (χ3v) is 7.98. The Hall–Kier alpha value is -2.19. The summed E-state index contributed by atoms with van der Waals surface area (Å²) in [4.78, 5) is 4.07. The number of unbranched alkanes of at least 4 members (excludes halogenated alkanes) is 7. The molecule has 0 saturated heterocycles. The fourth-order valence-electron chi connectivity index (χ4n) is 3.87. The Kier molecular flexibility index (Phi) is 10.0. The van der Waals surface area contributed by atoms with E-state index in [0.29, 0.717) is 0 Å². The van der Waals surface area contributed by atoms with Crippen LogP contribution in [-0.4, -0.2) is 6.61 Å². The molecule has 0 radical (unpaired) electrons. The molecule has 0 amide bonds. The van der Waals surface area contributed by atoms with Gasteiger partial charge in [-0.25, -0.2) is 0 Å². The summed E-state index contributed by atoms with van der Waals surface area (Å²) in [5.74, 6) is 0.994. The van der Waals surface area contributed by atoms with Crippen molar-refractivity contribution >= 4 is 10.9 Å². The van der Waals surface area contributed by atoms with E-state index in [9.17, 15) is 0 Å². The zero-order valence-corrected chi connectivity index (χ0v) is 20.0. The molecule has 0 spiro atoms. The second kappa shape index (κ2) is 13.3. The third-order valence-electron chi connectivity index (χ3n) is 5.59. The Morgan fingerprint density at radius 2 is 1.19 bits per heavy atom. The van der Waals surface area contributed by atoms with Gasteiger partial charge in [-0.2, -0.15) is 0 Å². The zero-order valence-electron chi connectivity index (χ0n) is 19.2. The fraction of sp³-hybridized carbons (Fsp3) is 0.379. The molecule has 0 aliphatic heterocycles. The summed E-state index contributed by atoms with van der Waals surface area (Å²) in [5, 5.41) is 0. The molecular formula is C29H37OS+. The molecule has 2 heteroatoms. The summed E-state index contributed by atoms with van der Waals surface area (Å²) in [5.41, 5.74) is 1.30. The van der Waals surface area contributed by atoms with Crippen LogP contribution in [0, 0.1) is 6.92 Å². The Labute approximate surface area is 192 Å². The van der Waals surface area contributed by atoms with Crippen LogP contribution in [-0.2, 0) is 10.9 Å². The molecule has 0 atom stereocenters. The molecule has 0 aliphatic rings. The van der Waals surface area contributed by atoms with Crippen LogP contribution < -0.4 is 4.74 Å². The number of rotatable bonds is 13. The minimum atomic E-state index is -0.104. The lowest BCUT2D eigenvalue weighted by Crippen LogP contribution is -2.07. The lowest BCUT2D eigenvalue weighted by atomic mass is 10.1. The van der Waals surface area contributed by atoms with Crippen LogP contribution in [0.2, 0.25) is 0 Å². The molecule has 0 aromatic heterocycles. The number of benzene rings is 3. The first-order valence-corrected chi connectivity index (χ1v) is 13.1. The van der Waals surface area contributed by atoms with Gasteiger partial charge in [0.05, 0.1) is 17.5 Å². The minimum absolute atomic E-state index is 0.104. The van der Waals surface area contributed by atoms with Crippen LogP contribution in [0.1, 0.15) is 63.9 Å². The van der Waals surface area contributed by atoms with E-state index in [0.717, 1.165) is 18.8 Å². The molecule has 1 nitrogen and oxygen atoms in total. The van der Waals surface area contributed by atoms with E-state index >= 15 is 0 Å². The first-order chi connectivity index (χ1) is 15.3. The van der Waals surface area contributed by atoms with Crippen LogP contribution >= 0.6 is 0 Å². The van der Waals surface area contributed by atoms with Gasteiger partial charge in [-0.05, 0) is 55.8 Å². The average molecular weight is 434 g/mol. The average Bonchev–Trinajstić information content (AvgIpc) is 2.81. The van der Waals surface area contributed by atoms with E-state index in [4.69, 9.17) is 4.74 Å². The lowest BCUT2D eigenvalue weighted by molar-refractivity contribution is 0.304. The molecule has 31 heavy (non-hydrogen) atoms. The van der Waals surface area contributed by atoms with Crippen molar-refractivity contribution in [2.45, 2.75) is 79.9 Å². The molecule has 3 aromatic rings. The van der Waals surface area contributed by atoms with E-state index in [-0.39, 0.29) is 10.9 Å².